The lowest BCUT2D eigenvalue weighted by atomic mass is 9.72. The van der Waals surface area contributed by atoms with Gasteiger partial charge in [0.25, 0.3) is 0 Å². The van der Waals surface area contributed by atoms with Gasteiger partial charge in [-0.05, 0) is 12.0 Å². The van der Waals surface area contributed by atoms with E-state index in [2.05, 4.69) is 0 Å². The highest BCUT2D eigenvalue weighted by atomic mass is 16.6. The molecule has 0 aromatic heterocycles. The van der Waals surface area contributed by atoms with Gasteiger partial charge in [-0.1, -0.05) is 44.2 Å². The number of carbonyl (C=O) groups excluding carboxylic acids is 1. The van der Waals surface area contributed by atoms with E-state index in [-0.39, 0.29) is 17.4 Å². The van der Waals surface area contributed by atoms with Gasteiger partial charge in [0.05, 0.1) is 5.92 Å². The normalized spacial score (nSPS) is 15.9. The monoisotopic (exact) mass is 235 g/mol. The Balaban J connectivity index is 3.12. The lowest BCUT2D eigenvalue weighted by Crippen LogP contribution is -2.31. The van der Waals surface area contributed by atoms with Gasteiger partial charge in [0.15, 0.2) is 0 Å². The number of hydrogen-bond donors (Lipinski definition) is 0. The van der Waals surface area contributed by atoms with Gasteiger partial charge in [-0.2, -0.15) is 0 Å². The van der Waals surface area contributed by atoms with Crippen LogP contribution in [0.2, 0.25) is 0 Å². The van der Waals surface area contributed by atoms with E-state index in [1.807, 2.05) is 37.3 Å². The fraction of sp³-hybridized carbons (Fsp3) is 0.462. The maximum atomic E-state index is 11.2. The summed E-state index contributed by atoms with van der Waals surface area (Å²) < 4.78 is 0. The molecule has 0 spiro atoms. The molecule has 0 heterocycles. The van der Waals surface area contributed by atoms with E-state index in [0.29, 0.717) is 6.42 Å². The summed E-state index contributed by atoms with van der Waals surface area (Å²) in [4.78, 5) is 21.6. The van der Waals surface area contributed by atoms with Crippen molar-refractivity contribution in [2.24, 2.45) is 5.41 Å². The molecular formula is C13H17NO3. The summed E-state index contributed by atoms with van der Waals surface area (Å²) >= 11 is 0. The summed E-state index contributed by atoms with van der Waals surface area (Å²) in [6.07, 6.45) is 1.43. The first-order valence-electron chi connectivity index (χ1n) is 5.66. The van der Waals surface area contributed by atoms with Crippen LogP contribution in [0.25, 0.3) is 0 Å². The smallest absolute Gasteiger partial charge is 0.211 e. The number of hydrogen-bond acceptors (Lipinski definition) is 3. The quantitative estimate of drug-likeness (QED) is 0.432. The van der Waals surface area contributed by atoms with Crippen molar-refractivity contribution >= 4 is 6.29 Å². The Morgan fingerprint density at radius 3 is 2.41 bits per heavy atom. The fourth-order valence-corrected chi connectivity index (χ4v) is 1.94. The summed E-state index contributed by atoms with van der Waals surface area (Å²) in [5, 5.41) is 10.8. The van der Waals surface area contributed by atoms with E-state index in [9.17, 15) is 14.9 Å². The second kappa shape index (κ2) is 5.57. The molecule has 0 aliphatic carbocycles. The van der Waals surface area contributed by atoms with Gasteiger partial charge in [-0.15, -0.1) is 0 Å². The molecule has 1 aromatic carbocycles. The minimum Gasteiger partial charge on any atom is -0.303 e. The van der Waals surface area contributed by atoms with Crippen LogP contribution in [0.15, 0.2) is 30.3 Å². The van der Waals surface area contributed by atoms with Crippen LogP contribution < -0.4 is 0 Å². The standard InChI is InChI=1S/C13H17NO3/c1-3-13(2,10-15)12(9-14(16)17)11-7-5-4-6-8-11/h4-8,10,12H,3,9H2,1-2H3/t12-,13-/m0/s1. The van der Waals surface area contributed by atoms with Crippen LogP contribution in [0.1, 0.15) is 31.7 Å². The van der Waals surface area contributed by atoms with Crippen LogP contribution in [0.4, 0.5) is 0 Å². The Morgan fingerprint density at radius 2 is 2.00 bits per heavy atom. The zero-order valence-corrected chi connectivity index (χ0v) is 10.1. The fourth-order valence-electron chi connectivity index (χ4n) is 1.94. The number of nitro groups is 1. The van der Waals surface area contributed by atoms with Crippen molar-refractivity contribution in [3.05, 3.63) is 46.0 Å². The molecular weight excluding hydrogens is 218 g/mol. The molecule has 1 aromatic rings. The summed E-state index contributed by atoms with van der Waals surface area (Å²) in [6.45, 7) is 3.44. The Bertz CT molecular complexity index is 391. The summed E-state index contributed by atoms with van der Waals surface area (Å²) in [5.74, 6) is -0.374. The molecule has 0 radical (unpaired) electrons. The van der Waals surface area contributed by atoms with E-state index in [1.165, 1.54) is 0 Å². The van der Waals surface area contributed by atoms with E-state index in [0.717, 1.165) is 11.8 Å². The van der Waals surface area contributed by atoms with Gasteiger partial charge in [0, 0.05) is 10.3 Å². The maximum Gasteiger partial charge on any atom is 0.211 e. The first kappa shape index (κ1) is 13.4. The largest absolute Gasteiger partial charge is 0.303 e. The zero-order valence-electron chi connectivity index (χ0n) is 10.1. The minimum atomic E-state index is -0.686. The van der Waals surface area contributed by atoms with E-state index in [4.69, 9.17) is 0 Å². The third-order valence-electron chi connectivity index (χ3n) is 3.36. The van der Waals surface area contributed by atoms with Crippen LogP contribution in [0.3, 0.4) is 0 Å². The van der Waals surface area contributed by atoms with Gasteiger partial charge in [0.2, 0.25) is 6.54 Å². The van der Waals surface area contributed by atoms with Crippen LogP contribution in [-0.2, 0) is 4.79 Å². The van der Waals surface area contributed by atoms with Crippen molar-refractivity contribution in [1.29, 1.82) is 0 Å². The average molecular weight is 235 g/mol. The van der Waals surface area contributed by atoms with Crippen molar-refractivity contribution in [2.45, 2.75) is 26.2 Å². The molecule has 0 unspecified atom stereocenters. The molecule has 0 saturated carbocycles. The molecule has 4 nitrogen and oxygen atoms in total. The number of aldehydes is 1. The third kappa shape index (κ3) is 3.12. The molecule has 2 atom stereocenters. The SMILES string of the molecule is CC[C@@](C)(C=O)[C@@H](C[N+](=O)[O-])c1ccccc1. The highest BCUT2D eigenvalue weighted by Gasteiger charge is 2.37. The van der Waals surface area contributed by atoms with Crippen molar-refractivity contribution in [3.63, 3.8) is 0 Å². The van der Waals surface area contributed by atoms with Gasteiger partial charge in [-0.25, -0.2) is 0 Å². The second-order valence-corrected chi connectivity index (χ2v) is 4.46. The second-order valence-electron chi connectivity index (χ2n) is 4.46. The van der Waals surface area contributed by atoms with Crippen molar-refractivity contribution in [3.8, 4) is 0 Å². The van der Waals surface area contributed by atoms with Gasteiger partial charge >= 0.3 is 0 Å². The number of rotatable bonds is 6. The molecule has 0 saturated heterocycles. The van der Waals surface area contributed by atoms with E-state index >= 15 is 0 Å². The topological polar surface area (TPSA) is 60.2 Å². The molecule has 92 valence electrons. The Labute approximate surface area is 101 Å². The van der Waals surface area contributed by atoms with Crippen LogP contribution in [0.5, 0.6) is 0 Å². The number of nitrogens with zero attached hydrogens (tertiary/aromatic N) is 1. The maximum absolute atomic E-state index is 11.2. The van der Waals surface area contributed by atoms with Gasteiger partial charge < -0.3 is 4.79 Å². The highest BCUT2D eigenvalue weighted by molar-refractivity contribution is 5.61. The summed E-state index contributed by atoms with van der Waals surface area (Å²) in [7, 11) is 0. The molecule has 0 amide bonds. The lowest BCUT2D eigenvalue weighted by Gasteiger charge is -2.29. The molecule has 0 aliphatic rings. The molecule has 17 heavy (non-hydrogen) atoms. The molecule has 1 rings (SSSR count). The van der Waals surface area contributed by atoms with E-state index < -0.39 is 5.41 Å². The number of benzene rings is 1. The molecule has 0 fully saturated rings. The van der Waals surface area contributed by atoms with Crippen LogP contribution in [0, 0.1) is 15.5 Å². The van der Waals surface area contributed by atoms with Crippen molar-refractivity contribution in [2.75, 3.05) is 6.54 Å². The summed E-state index contributed by atoms with van der Waals surface area (Å²) in [6, 6.07) is 9.21. The molecule has 0 N–H and O–H groups in total. The molecule has 4 heteroatoms. The van der Waals surface area contributed by atoms with Crippen molar-refractivity contribution < 1.29 is 9.72 Å². The predicted octanol–water partition coefficient (Wildman–Crippen LogP) is 2.66. The van der Waals surface area contributed by atoms with Crippen LogP contribution >= 0.6 is 0 Å². The Morgan fingerprint density at radius 1 is 1.41 bits per heavy atom. The average Bonchev–Trinajstić information content (AvgIpc) is 2.36. The van der Waals surface area contributed by atoms with E-state index in [1.54, 1.807) is 6.92 Å². The predicted molar refractivity (Wildman–Crippen MR) is 65.5 cm³/mol. The van der Waals surface area contributed by atoms with Crippen molar-refractivity contribution in [1.82, 2.24) is 0 Å². The van der Waals surface area contributed by atoms with Crippen LogP contribution in [-0.4, -0.2) is 17.8 Å². The molecule has 0 aliphatic heterocycles. The third-order valence-corrected chi connectivity index (χ3v) is 3.36. The Hall–Kier alpha value is -1.71. The summed E-state index contributed by atoms with van der Waals surface area (Å²) in [5.41, 5.74) is 0.162. The highest BCUT2D eigenvalue weighted by Crippen LogP contribution is 2.37. The first-order chi connectivity index (χ1) is 8.03. The zero-order chi connectivity index (χ0) is 12.9. The number of carbonyl (C=O) groups is 1. The molecule has 0 bridgehead atoms. The van der Waals surface area contributed by atoms with Gasteiger partial charge in [0.1, 0.15) is 6.29 Å². The van der Waals surface area contributed by atoms with Gasteiger partial charge in [-0.3, -0.25) is 10.1 Å². The first-order valence-corrected chi connectivity index (χ1v) is 5.66. The minimum absolute atomic E-state index is 0.215. The lowest BCUT2D eigenvalue weighted by molar-refractivity contribution is -0.485. The Kier molecular flexibility index (Phi) is 4.37.